The zero-order valence-corrected chi connectivity index (χ0v) is 13.2. The number of thiazole rings is 1. The van der Waals surface area contributed by atoms with Gasteiger partial charge >= 0.3 is 0 Å². The molecule has 1 N–H and O–H groups in total. The van der Waals surface area contributed by atoms with Crippen molar-refractivity contribution in [3.63, 3.8) is 0 Å². The fourth-order valence-electron chi connectivity index (χ4n) is 1.83. The number of nitrogens with zero attached hydrogens (tertiary/aromatic N) is 1. The van der Waals surface area contributed by atoms with Crippen molar-refractivity contribution in [1.29, 1.82) is 0 Å². The highest BCUT2D eigenvalue weighted by molar-refractivity contribution is 7.09. The van der Waals surface area contributed by atoms with E-state index in [1.54, 1.807) is 11.3 Å². The van der Waals surface area contributed by atoms with Gasteiger partial charge in [-0.2, -0.15) is 0 Å². The van der Waals surface area contributed by atoms with E-state index >= 15 is 0 Å². The van der Waals surface area contributed by atoms with Gasteiger partial charge in [-0.15, -0.1) is 11.3 Å². The Hall–Kier alpha value is -1.35. The average molecular weight is 274 g/mol. The van der Waals surface area contributed by atoms with Crippen LogP contribution in [0.1, 0.15) is 42.6 Å². The number of aryl methyl sites for hydroxylation is 2. The van der Waals surface area contributed by atoms with Gasteiger partial charge in [0.2, 0.25) is 0 Å². The summed E-state index contributed by atoms with van der Waals surface area (Å²) in [5, 5.41) is 6.79. The second kappa shape index (κ2) is 5.33. The summed E-state index contributed by atoms with van der Waals surface area (Å²) in [6.07, 6.45) is 0. The summed E-state index contributed by atoms with van der Waals surface area (Å²) in [6.45, 7) is 11.6. The van der Waals surface area contributed by atoms with Crippen LogP contribution in [0, 0.1) is 13.8 Å². The first-order chi connectivity index (χ1) is 8.86. The monoisotopic (exact) mass is 274 g/mol. The molecular weight excluding hydrogens is 252 g/mol. The van der Waals surface area contributed by atoms with Crippen LogP contribution in [0.3, 0.4) is 0 Å². The van der Waals surface area contributed by atoms with E-state index in [-0.39, 0.29) is 5.41 Å². The molecule has 2 aromatic rings. The maximum absolute atomic E-state index is 4.70. The van der Waals surface area contributed by atoms with Crippen molar-refractivity contribution in [3.8, 4) is 0 Å². The van der Waals surface area contributed by atoms with Gasteiger partial charge in [0.05, 0.1) is 12.2 Å². The van der Waals surface area contributed by atoms with Crippen LogP contribution in [-0.2, 0) is 12.0 Å². The predicted molar refractivity (Wildman–Crippen MR) is 84.1 cm³/mol. The molecule has 0 radical (unpaired) electrons. The predicted octanol–water partition coefficient (Wildman–Crippen LogP) is 4.67. The summed E-state index contributed by atoms with van der Waals surface area (Å²) in [4.78, 5) is 4.70. The van der Waals surface area contributed by atoms with Crippen molar-refractivity contribution in [2.75, 3.05) is 5.32 Å². The fourth-order valence-corrected chi connectivity index (χ4v) is 2.79. The molecule has 102 valence electrons. The Labute approximate surface area is 119 Å². The molecule has 0 aliphatic carbocycles. The molecule has 1 aromatic carbocycles. The Bertz CT molecular complexity index is 564. The lowest BCUT2D eigenvalue weighted by Crippen LogP contribution is -2.12. The van der Waals surface area contributed by atoms with Gasteiger partial charge in [-0.25, -0.2) is 4.98 Å². The summed E-state index contributed by atoms with van der Waals surface area (Å²) in [5.41, 5.74) is 5.07. The lowest BCUT2D eigenvalue weighted by Gasteiger charge is -2.14. The minimum Gasteiger partial charge on any atom is -0.378 e. The largest absolute Gasteiger partial charge is 0.378 e. The maximum atomic E-state index is 4.70. The topological polar surface area (TPSA) is 24.9 Å². The van der Waals surface area contributed by atoms with Crippen molar-refractivity contribution in [3.05, 3.63) is 45.4 Å². The number of hydrogen-bond acceptors (Lipinski definition) is 3. The summed E-state index contributed by atoms with van der Waals surface area (Å²) in [7, 11) is 0. The van der Waals surface area contributed by atoms with Gasteiger partial charge in [-0.3, -0.25) is 0 Å². The lowest BCUT2D eigenvalue weighted by molar-refractivity contribution is 0.571. The summed E-state index contributed by atoms with van der Waals surface area (Å²) in [5.74, 6) is 0. The van der Waals surface area contributed by atoms with E-state index in [2.05, 4.69) is 63.5 Å². The summed E-state index contributed by atoms with van der Waals surface area (Å²) < 4.78 is 0. The Morgan fingerprint density at radius 2 is 1.95 bits per heavy atom. The third kappa shape index (κ3) is 3.57. The number of aromatic nitrogens is 1. The van der Waals surface area contributed by atoms with Gasteiger partial charge in [0, 0.05) is 16.5 Å². The van der Waals surface area contributed by atoms with Crippen LogP contribution in [0.2, 0.25) is 0 Å². The maximum Gasteiger partial charge on any atom is 0.112 e. The Morgan fingerprint density at radius 3 is 2.58 bits per heavy atom. The van der Waals surface area contributed by atoms with E-state index < -0.39 is 0 Å². The molecule has 0 unspecified atom stereocenters. The highest BCUT2D eigenvalue weighted by Gasteiger charge is 2.17. The molecule has 1 aromatic heterocycles. The second-order valence-corrected chi connectivity index (χ2v) is 6.99. The number of nitrogens with one attached hydrogen (secondary N) is 1. The minimum absolute atomic E-state index is 0.133. The van der Waals surface area contributed by atoms with Crippen molar-refractivity contribution in [2.24, 2.45) is 0 Å². The molecular formula is C16H22N2S. The van der Waals surface area contributed by atoms with Crippen LogP contribution in [0.5, 0.6) is 0 Å². The molecule has 0 atom stereocenters. The molecule has 2 nitrogen and oxygen atoms in total. The average Bonchev–Trinajstić information content (AvgIpc) is 2.79. The van der Waals surface area contributed by atoms with Gasteiger partial charge in [0.15, 0.2) is 0 Å². The van der Waals surface area contributed by atoms with E-state index in [1.807, 2.05) is 0 Å². The SMILES string of the molecule is Cc1ccc(C)c(NCc2nc(C(C)(C)C)cs2)c1. The second-order valence-electron chi connectivity index (χ2n) is 6.05. The van der Waals surface area contributed by atoms with Crippen molar-refractivity contribution in [2.45, 2.75) is 46.6 Å². The van der Waals surface area contributed by atoms with Gasteiger partial charge in [0.25, 0.3) is 0 Å². The van der Waals surface area contributed by atoms with Crippen LogP contribution in [0.4, 0.5) is 5.69 Å². The van der Waals surface area contributed by atoms with Gasteiger partial charge in [-0.05, 0) is 31.0 Å². The summed E-state index contributed by atoms with van der Waals surface area (Å²) in [6, 6.07) is 6.48. The lowest BCUT2D eigenvalue weighted by atomic mass is 9.93. The summed E-state index contributed by atoms with van der Waals surface area (Å²) >= 11 is 1.73. The molecule has 0 aliphatic heterocycles. The zero-order chi connectivity index (χ0) is 14.0. The highest BCUT2D eigenvalue weighted by Crippen LogP contribution is 2.24. The third-order valence-electron chi connectivity index (χ3n) is 3.14. The molecule has 0 aliphatic rings. The molecule has 0 fully saturated rings. The Balaban J connectivity index is 2.06. The van der Waals surface area contributed by atoms with Crippen molar-refractivity contribution in [1.82, 2.24) is 4.98 Å². The molecule has 0 saturated heterocycles. The van der Waals surface area contributed by atoms with E-state index in [9.17, 15) is 0 Å². The van der Waals surface area contributed by atoms with E-state index in [0.717, 1.165) is 11.6 Å². The Kier molecular flexibility index (Phi) is 3.95. The van der Waals surface area contributed by atoms with Crippen molar-refractivity contribution < 1.29 is 0 Å². The van der Waals surface area contributed by atoms with Gasteiger partial charge in [0.1, 0.15) is 5.01 Å². The van der Waals surface area contributed by atoms with E-state index in [1.165, 1.54) is 22.5 Å². The van der Waals surface area contributed by atoms with Crippen LogP contribution in [-0.4, -0.2) is 4.98 Å². The smallest absolute Gasteiger partial charge is 0.112 e. The fraction of sp³-hybridized carbons (Fsp3) is 0.438. The first kappa shape index (κ1) is 14.1. The number of hydrogen-bond donors (Lipinski definition) is 1. The molecule has 3 heteroatoms. The highest BCUT2D eigenvalue weighted by atomic mass is 32.1. The van der Waals surface area contributed by atoms with Crippen LogP contribution in [0.15, 0.2) is 23.6 Å². The molecule has 0 bridgehead atoms. The molecule has 1 heterocycles. The number of anilines is 1. The standard InChI is InChI=1S/C16H22N2S/c1-11-6-7-12(2)13(8-11)17-9-15-18-14(10-19-15)16(3,4)5/h6-8,10,17H,9H2,1-5H3. The van der Waals surface area contributed by atoms with Gasteiger partial charge < -0.3 is 5.32 Å². The van der Waals surface area contributed by atoms with Crippen LogP contribution >= 0.6 is 11.3 Å². The number of rotatable bonds is 3. The molecule has 0 spiro atoms. The molecule has 0 saturated carbocycles. The molecule has 19 heavy (non-hydrogen) atoms. The zero-order valence-electron chi connectivity index (χ0n) is 12.4. The normalized spacial score (nSPS) is 11.6. The quantitative estimate of drug-likeness (QED) is 0.879. The van der Waals surface area contributed by atoms with Crippen LogP contribution in [0.25, 0.3) is 0 Å². The first-order valence-electron chi connectivity index (χ1n) is 6.62. The minimum atomic E-state index is 0.133. The molecule has 0 amide bonds. The van der Waals surface area contributed by atoms with Crippen molar-refractivity contribution >= 4 is 17.0 Å². The molecule has 2 rings (SSSR count). The number of benzene rings is 1. The first-order valence-corrected chi connectivity index (χ1v) is 7.50. The third-order valence-corrected chi connectivity index (χ3v) is 3.99. The van der Waals surface area contributed by atoms with E-state index in [0.29, 0.717) is 0 Å². The Morgan fingerprint density at radius 1 is 1.21 bits per heavy atom. The van der Waals surface area contributed by atoms with Crippen LogP contribution < -0.4 is 5.32 Å². The van der Waals surface area contributed by atoms with E-state index in [4.69, 9.17) is 4.98 Å². The van der Waals surface area contributed by atoms with Gasteiger partial charge in [-0.1, -0.05) is 32.9 Å².